The van der Waals surface area contributed by atoms with Crippen LogP contribution in [-0.2, 0) is 4.79 Å². The highest BCUT2D eigenvalue weighted by Gasteiger charge is 2.02. The van der Waals surface area contributed by atoms with E-state index in [1.54, 1.807) is 12.4 Å². The fourth-order valence-electron chi connectivity index (χ4n) is 1.41. The maximum Gasteiger partial charge on any atom is 0.351 e. The molecule has 2 rings (SSSR count). The first-order chi connectivity index (χ1) is 8.18. The maximum absolute atomic E-state index is 10.6. The minimum Gasteiger partial charge on any atom is -0.477 e. The summed E-state index contributed by atoms with van der Waals surface area (Å²) in [5, 5.41) is 14.4. The van der Waals surface area contributed by atoms with Crippen molar-refractivity contribution in [3.05, 3.63) is 36.7 Å². The Labute approximate surface area is 97.8 Å². The number of nitrogens with zero attached hydrogens (tertiary/aromatic N) is 2. The van der Waals surface area contributed by atoms with Crippen molar-refractivity contribution in [3.63, 3.8) is 0 Å². The van der Waals surface area contributed by atoms with Crippen molar-refractivity contribution in [1.82, 2.24) is 4.98 Å². The molecule has 0 spiro atoms. The molecular formula is C12H11N3O2. The van der Waals surface area contributed by atoms with E-state index in [-0.39, 0.29) is 5.71 Å². The molecule has 0 unspecified atom stereocenters. The molecule has 86 valence electrons. The number of rotatable bonds is 3. The van der Waals surface area contributed by atoms with Crippen LogP contribution in [0.3, 0.4) is 0 Å². The predicted octanol–water partition coefficient (Wildman–Crippen LogP) is 2.11. The van der Waals surface area contributed by atoms with Gasteiger partial charge in [-0.2, -0.15) is 5.10 Å². The van der Waals surface area contributed by atoms with E-state index in [4.69, 9.17) is 5.11 Å². The standard InChI is InChI=1S/C12H11N3O2/c1-8(12(16)17)14-15-11-4-2-3-9-7-13-6-5-10(9)11/h2-7,15H,1H3,(H,16,17). The van der Waals surface area contributed by atoms with Gasteiger partial charge in [-0.25, -0.2) is 4.79 Å². The molecule has 0 saturated heterocycles. The molecule has 0 bridgehead atoms. The molecule has 0 aliphatic rings. The summed E-state index contributed by atoms with van der Waals surface area (Å²) in [7, 11) is 0. The van der Waals surface area contributed by atoms with Crippen LogP contribution >= 0.6 is 0 Å². The molecule has 0 aliphatic heterocycles. The highest BCUT2D eigenvalue weighted by molar-refractivity contribution is 6.34. The zero-order chi connectivity index (χ0) is 12.3. The molecule has 0 radical (unpaired) electrons. The number of aromatic nitrogens is 1. The second kappa shape index (κ2) is 4.61. The summed E-state index contributed by atoms with van der Waals surface area (Å²) in [6.07, 6.45) is 3.43. The van der Waals surface area contributed by atoms with Crippen LogP contribution in [0.25, 0.3) is 10.8 Å². The molecule has 0 aliphatic carbocycles. The van der Waals surface area contributed by atoms with Crippen LogP contribution in [0.5, 0.6) is 0 Å². The van der Waals surface area contributed by atoms with Gasteiger partial charge >= 0.3 is 5.97 Å². The smallest absolute Gasteiger partial charge is 0.351 e. The second-order valence-electron chi connectivity index (χ2n) is 3.52. The lowest BCUT2D eigenvalue weighted by Gasteiger charge is -2.05. The number of hydrogen-bond acceptors (Lipinski definition) is 4. The lowest BCUT2D eigenvalue weighted by atomic mass is 10.1. The fraction of sp³-hybridized carbons (Fsp3) is 0.0833. The van der Waals surface area contributed by atoms with Gasteiger partial charge in [-0.3, -0.25) is 10.4 Å². The van der Waals surface area contributed by atoms with Gasteiger partial charge in [0.05, 0.1) is 5.69 Å². The zero-order valence-electron chi connectivity index (χ0n) is 9.21. The summed E-state index contributed by atoms with van der Waals surface area (Å²) in [5.41, 5.74) is 3.51. The minimum absolute atomic E-state index is 0.0102. The number of fused-ring (bicyclic) bond motifs is 1. The Morgan fingerprint density at radius 2 is 2.24 bits per heavy atom. The molecule has 0 saturated carbocycles. The summed E-state index contributed by atoms with van der Waals surface area (Å²) < 4.78 is 0. The van der Waals surface area contributed by atoms with Crippen molar-refractivity contribution in [2.45, 2.75) is 6.92 Å². The lowest BCUT2D eigenvalue weighted by molar-refractivity contribution is -0.129. The highest BCUT2D eigenvalue weighted by Crippen LogP contribution is 2.21. The molecule has 5 nitrogen and oxygen atoms in total. The van der Waals surface area contributed by atoms with Gasteiger partial charge in [0.25, 0.3) is 0 Å². The van der Waals surface area contributed by atoms with E-state index >= 15 is 0 Å². The first kappa shape index (κ1) is 11.1. The molecular weight excluding hydrogens is 218 g/mol. The van der Waals surface area contributed by atoms with Crippen LogP contribution in [0.2, 0.25) is 0 Å². The Hall–Kier alpha value is -2.43. The zero-order valence-corrected chi connectivity index (χ0v) is 9.21. The monoisotopic (exact) mass is 229 g/mol. The van der Waals surface area contributed by atoms with Gasteiger partial charge in [-0.1, -0.05) is 12.1 Å². The van der Waals surface area contributed by atoms with Crippen molar-refractivity contribution in [3.8, 4) is 0 Å². The topological polar surface area (TPSA) is 74.6 Å². The number of carboxylic acid groups (broad SMARTS) is 1. The highest BCUT2D eigenvalue weighted by atomic mass is 16.4. The molecule has 1 heterocycles. The predicted molar refractivity (Wildman–Crippen MR) is 66.1 cm³/mol. The number of aliphatic carboxylic acids is 1. The summed E-state index contributed by atoms with van der Waals surface area (Å²) in [6.45, 7) is 1.43. The van der Waals surface area contributed by atoms with E-state index in [2.05, 4.69) is 15.5 Å². The number of hydrazone groups is 1. The van der Waals surface area contributed by atoms with Gasteiger partial charge in [-0.05, 0) is 19.1 Å². The molecule has 5 heteroatoms. The summed E-state index contributed by atoms with van der Waals surface area (Å²) in [6, 6.07) is 7.48. The number of nitrogens with one attached hydrogen (secondary N) is 1. The first-order valence-corrected chi connectivity index (χ1v) is 5.05. The summed E-state index contributed by atoms with van der Waals surface area (Å²) >= 11 is 0. The van der Waals surface area contributed by atoms with E-state index in [1.807, 2.05) is 24.3 Å². The number of carbonyl (C=O) groups is 1. The van der Waals surface area contributed by atoms with Gasteiger partial charge in [0.2, 0.25) is 0 Å². The molecule has 2 N–H and O–H groups in total. The van der Waals surface area contributed by atoms with Gasteiger partial charge in [-0.15, -0.1) is 0 Å². The molecule has 17 heavy (non-hydrogen) atoms. The molecule has 1 aromatic carbocycles. The van der Waals surface area contributed by atoms with E-state index in [0.29, 0.717) is 0 Å². The van der Waals surface area contributed by atoms with E-state index in [0.717, 1.165) is 16.5 Å². The molecule has 0 fully saturated rings. The maximum atomic E-state index is 10.6. The van der Waals surface area contributed by atoms with Crippen molar-refractivity contribution < 1.29 is 9.90 Å². The molecule has 1 aromatic heterocycles. The van der Waals surface area contributed by atoms with Gasteiger partial charge in [0.1, 0.15) is 5.71 Å². The number of anilines is 1. The number of hydrogen-bond donors (Lipinski definition) is 2. The second-order valence-corrected chi connectivity index (χ2v) is 3.52. The Bertz CT molecular complexity index is 588. The van der Waals surface area contributed by atoms with Crippen LogP contribution < -0.4 is 5.43 Å². The SMILES string of the molecule is CC(=NNc1cccc2cnccc12)C(=O)O. The third-order valence-electron chi connectivity index (χ3n) is 2.33. The van der Waals surface area contributed by atoms with Crippen molar-refractivity contribution >= 4 is 28.1 Å². The van der Waals surface area contributed by atoms with Crippen molar-refractivity contribution in [2.24, 2.45) is 5.10 Å². The molecule has 0 amide bonds. The Morgan fingerprint density at radius 1 is 1.41 bits per heavy atom. The fourth-order valence-corrected chi connectivity index (χ4v) is 1.41. The Balaban J connectivity index is 2.37. The van der Waals surface area contributed by atoms with Gasteiger partial charge in [0, 0.05) is 23.2 Å². The summed E-state index contributed by atoms with van der Waals surface area (Å²) in [4.78, 5) is 14.6. The molecule has 0 atom stereocenters. The Morgan fingerprint density at radius 3 is 3.00 bits per heavy atom. The van der Waals surface area contributed by atoms with E-state index in [1.165, 1.54) is 6.92 Å². The third-order valence-corrected chi connectivity index (χ3v) is 2.33. The van der Waals surface area contributed by atoms with Crippen LogP contribution in [0.4, 0.5) is 5.69 Å². The largest absolute Gasteiger partial charge is 0.477 e. The Kier molecular flexibility index (Phi) is 3.00. The van der Waals surface area contributed by atoms with Crippen LogP contribution in [0.15, 0.2) is 41.8 Å². The van der Waals surface area contributed by atoms with Gasteiger partial charge in [0.15, 0.2) is 0 Å². The van der Waals surface area contributed by atoms with Gasteiger partial charge < -0.3 is 5.11 Å². The number of carboxylic acids is 1. The number of benzene rings is 1. The number of pyridine rings is 1. The first-order valence-electron chi connectivity index (χ1n) is 5.05. The van der Waals surface area contributed by atoms with Crippen molar-refractivity contribution in [2.75, 3.05) is 5.43 Å². The van der Waals surface area contributed by atoms with E-state index < -0.39 is 5.97 Å². The van der Waals surface area contributed by atoms with Crippen LogP contribution in [0, 0.1) is 0 Å². The summed E-state index contributed by atoms with van der Waals surface area (Å²) in [5.74, 6) is -1.04. The van der Waals surface area contributed by atoms with E-state index in [9.17, 15) is 4.79 Å². The van der Waals surface area contributed by atoms with Crippen LogP contribution in [0.1, 0.15) is 6.92 Å². The quantitative estimate of drug-likeness (QED) is 0.624. The average Bonchev–Trinajstić information content (AvgIpc) is 2.35. The molecule has 2 aromatic rings. The lowest BCUT2D eigenvalue weighted by Crippen LogP contribution is -2.10. The van der Waals surface area contributed by atoms with Crippen molar-refractivity contribution in [1.29, 1.82) is 0 Å². The average molecular weight is 229 g/mol. The normalized spacial score (nSPS) is 11.5. The van der Waals surface area contributed by atoms with Crippen LogP contribution in [-0.4, -0.2) is 21.8 Å². The minimum atomic E-state index is -1.04. The third kappa shape index (κ3) is 2.39.